The lowest BCUT2D eigenvalue weighted by Crippen LogP contribution is -2.37. The van der Waals surface area contributed by atoms with E-state index in [1.54, 1.807) is 0 Å². The van der Waals surface area contributed by atoms with Crippen LogP contribution in [-0.2, 0) is 0 Å². The summed E-state index contributed by atoms with van der Waals surface area (Å²) in [5, 5.41) is 3.24. The van der Waals surface area contributed by atoms with Crippen LogP contribution in [0.3, 0.4) is 0 Å². The molecule has 88 valence electrons. The van der Waals surface area contributed by atoms with Gasteiger partial charge in [0, 0.05) is 18.6 Å². The lowest BCUT2D eigenvalue weighted by molar-refractivity contribution is 0.179. The van der Waals surface area contributed by atoms with Gasteiger partial charge in [-0.15, -0.1) is 0 Å². The van der Waals surface area contributed by atoms with E-state index in [9.17, 15) is 0 Å². The molecule has 0 radical (unpaired) electrons. The molecule has 1 atom stereocenters. The Kier molecular flexibility index (Phi) is 4.04. The maximum Gasteiger partial charge on any atom is 0.00993 e. The molecule has 2 aliphatic carbocycles. The third kappa shape index (κ3) is 3.76. The second-order valence-corrected chi connectivity index (χ2v) is 5.47. The molecule has 2 rings (SSSR count). The number of nitrogens with one attached hydrogen (secondary N) is 1. The fraction of sp³-hybridized carbons (Fsp3) is 1.00. The Labute approximate surface area is 94.4 Å². The first-order valence-corrected chi connectivity index (χ1v) is 6.71. The van der Waals surface area contributed by atoms with E-state index in [2.05, 4.69) is 17.1 Å². The summed E-state index contributed by atoms with van der Waals surface area (Å²) in [5.41, 5.74) is 0. The van der Waals surface area contributed by atoms with Gasteiger partial charge >= 0.3 is 0 Å². The monoisotopic (exact) mass is 210 g/mol. The zero-order chi connectivity index (χ0) is 10.7. The standard InChI is InChI=1S/C13H26N2/c1-11(4-3-9-14-2)15(13-7-8-13)10-12-5-6-12/h11-14H,3-10H2,1-2H3. The van der Waals surface area contributed by atoms with Crippen molar-refractivity contribution >= 4 is 0 Å². The van der Waals surface area contributed by atoms with Crippen LogP contribution in [0.15, 0.2) is 0 Å². The van der Waals surface area contributed by atoms with Gasteiger partial charge in [0.1, 0.15) is 0 Å². The van der Waals surface area contributed by atoms with Crippen LogP contribution in [0.1, 0.15) is 45.4 Å². The maximum absolute atomic E-state index is 3.24. The molecule has 2 fully saturated rings. The molecule has 0 aromatic carbocycles. The van der Waals surface area contributed by atoms with Gasteiger partial charge in [-0.05, 0) is 65.0 Å². The number of nitrogens with zero attached hydrogens (tertiary/aromatic N) is 1. The van der Waals surface area contributed by atoms with E-state index in [-0.39, 0.29) is 0 Å². The van der Waals surface area contributed by atoms with Crippen LogP contribution in [0.4, 0.5) is 0 Å². The van der Waals surface area contributed by atoms with Crippen LogP contribution in [0.25, 0.3) is 0 Å². The van der Waals surface area contributed by atoms with E-state index in [0.29, 0.717) is 0 Å². The third-order valence-electron chi connectivity index (χ3n) is 3.80. The van der Waals surface area contributed by atoms with Gasteiger partial charge in [-0.25, -0.2) is 0 Å². The van der Waals surface area contributed by atoms with Crippen LogP contribution in [0, 0.1) is 5.92 Å². The summed E-state index contributed by atoms with van der Waals surface area (Å²) in [6.07, 6.45) is 8.60. The molecule has 2 nitrogen and oxygen atoms in total. The van der Waals surface area contributed by atoms with Gasteiger partial charge in [-0.3, -0.25) is 4.90 Å². The van der Waals surface area contributed by atoms with Gasteiger partial charge in [-0.1, -0.05) is 0 Å². The van der Waals surface area contributed by atoms with Crippen molar-refractivity contribution in [3.63, 3.8) is 0 Å². The Morgan fingerprint density at radius 1 is 1.27 bits per heavy atom. The largest absolute Gasteiger partial charge is 0.320 e. The molecule has 0 saturated heterocycles. The minimum atomic E-state index is 0.812. The summed E-state index contributed by atoms with van der Waals surface area (Å²) in [6.45, 7) is 4.99. The minimum Gasteiger partial charge on any atom is -0.320 e. The van der Waals surface area contributed by atoms with E-state index < -0.39 is 0 Å². The highest BCUT2D eigenvalue weighted by atomic mass is 15.2. The topological polar surface area (TPSA) is 15.3 Å². The molecule has 2 heteroatoms. The first-order valence-electron chi connectivity index (χ1n) is 6.71. The fourth-order valence-electron chi connectivity index (χ4n) is 2.43. The lowest BCUT2D eigenvalue weighted by Gasteiger charge is -2.29. The van der Waals surface area contributed by atoms with Gasteiger partial charge in [-0.2, -0.15) is 0 Å². The molecule has 2 aliphatic rings. The van der Waals surface area contributed by atoms with Crippen molar-refractivity contribution in [1.82, 2.24) is 10.2 Å². The molecule has 1 unspecified atom stereocenters. The average molecular weight is 210 g/mol. The summed E-state index contributed by atoms with van der Waals surface area (Å²) in [6, 6.07) is 1.77. The summed E-state index contributed by atoms with van der Waals surface area (Å²) in [4.78, 5) is 2.80. The highest BCUT2D eigenvalue weighted by molar-refractivity contribution is 4.90. The molecule has 1 N–H and O–H groups in total. The highest BCUT2D eigenvalue weighted by Crippen LogP contribution is 2.36. The Morgan fingerprint density at radius 3 is 2.53 bits per heavy atom. The molecule has 0 aromatic heterocycles. The van der Waals surface area contributed by atoms with E-state index in [1.807, 2.05) is 7.05 Å². The Hall–Kier alpha value is -0.0800. The molecular weight excluding hydrogens is 184 g/mol. The predicted molar refractivity (Wildman–Crippen MR) is 65.1 cm³/mol. The molecule has 0 amide bonds. The van der Waals surface area contributed by atoms with Crippen LogP contribution >= 0.6 is 0 Å². The Balaban J connectivity index is 1.70. The SMILES string of the molecule is CNCCCC(C)N(CC1CC1)C1CC1. The van der Waals surface area contributed by atoms with Gasteiger partial charge in [0.15, 0.2) is 0 Å². The molecule has 0 aliphatic heterocycles. The Morgan fingerprint density at radius 2 is 2.00 bits per heavy atom. The van der Waals surface area contributed by atoms with Crippen molar-refractivity contribution in [3.8, 4) is 0 Å². The fourth-order valence-corrected chi connectivity index (χ4v) is 2.43. The lowest BCUT2D eigenvalue weighted by atomic mass is 10.1. The highest BCUT2D eigenvalue weighted by Gasteiger charge is 2.35. The zero-order valence-electron chi connectivity index (χ0n) is 10.3. The van der Waals surface area contributed by atoms with Gasteiger partial charge in [0.25, 0.3) is 0 Å². The first kappa shape index (κ1) is 11.4. The van der Waals surface area contributed by atoms with Crippen molar-refractivity contribution < 1.29 is 0 Å². The number of hydrogen-bond acceptors (Lipinski definition) is 2. The maximum atomic E-state index is 3.24. The predicted octanol–water partition coefficient (Wildman–Crippen LogP) is 2.25. The van der Waals surface area contributed by atoms with Crippen LogP contribution < -0.4 is 5.32 Å². The van der Waals surface area contributed by atoms with Crippen LogP contribution in [-0.4, -0.2) is 37.1 Å². The molecule has 0 spiro atoms. The van der Waals surface area contributed by atoms with Gasteiger partial charge < -0.3 is 5.32 Å². The van der Waals surface area contributed by atoms with Gasteiger partial charge in [0.2, 0.25) is 0 Å². The third-order valence-corrected chi connectivity index (χ3v) is 3.80. The van der Waals surface area contributed by atoms with E-state index >= 15 is 0 Å². The summed E-state index contributed by atoms with van der Waals surface area (Å²) >= 11 is 0. The second kappa shape index (κ2) is 5.31. The number of rotatable bonds is 8. The molecule has 15 heavy (non-hydrogen) atoms. The van der Waals surface area contributed by atoms with Crippen molar-refractivity contribution in [2.24, 2.45) is 5.92 Å². The number of hydrogen-bond donors (Lipinski definition) is 1. The zero-order valence-corrected chi connectivity index (χ0v) is 10.3. The van der Waals surface area contributed by atoms with Crippen molar-refractivity contribution in [3.05, 3.63) is 0 Å². The minimum absolute atomic E-state index is 0.812. The molecule has 0 aromatic rings. The quantitative estimate of drug-likeness (QED) is 0.618. The first-order chi connectivity index (χ1) is 7.31. The van der Waals surface area contributed by atoms with Crippen molar-refractivity contribution in [2.45, 2.75) is 57.5 Å². The van der Waals surface area contributed by atoms with Gasteiger partial charge in [0.05, 0.1) is 0 Å². The normalized spacial score (nSPS) is 23.4. The molecular formula is C13H26N2. The molecule has 2 saturated carbocycles. The smallest absolute Gasteiger partial charge is 0.00993 e. The van der Waals surface area contributed by atoms with E-state index in [1.165, 1.54) is 51.6 Å². The molecule has 0 heterocycles. The van der Waals surface area contributed by atoms with E-state index in [4.69, 9.17) is 0 Å². The second-order valence-electron chi connectivity index (χ2n) is 5.47. The summed E-state index contributed by atoms with van der Waals surface area (Å²) in [7, 11) is 2.05. The Bertz CT molecular complexity index is 185. The summed E-state index contributed by atoms with van der Waals surface area (Å²) < 4.78 is 0. The van der Waals surface area contributed by atoms with E-state index in [0.717, 1.165) is 18.0 Å². The van der Waals surface area contributed by atoms with Crippen molar-refractivity contribution in [1.29, 1.82) is 0 Å². The average Bonchev–Trinajstić information content (AvgIpc) is 3.06. The summed E-state index contributed by atoms with van der Waals surface area (Å²) in [5.74, 6) is 1.05. The molecule has 0 bridgehead atoms. The van der Waals surface area contributed by atoms with Crippen molar-refractivity contribution in [2.75, 3.05) is 20.1 Å². The van der Waals surface area contributed by atoms with Crippen LogP contribution in [0.5, 0.6) is 0 Å². The van der Waals surface area contributed by atoms with Crippen LogP contribution in [0.2, 0.25) is 0 Å².